The number of benzene rings is 3. The molecule has 0 spiro atoms. The third-order valence-corrected chi connectivity index (χ3v) is 9.38. The molecule has 222 valence electrons. The molecular formula is C35H36ClN3O4. The van der Waals surface area contributed by atoms with Gasteiger partial charge in [-0.25, -0.2) is 4.79 Å². The van der Waals surface area contributed by atoms with E-state index in [0.29, 0.717) is 49.2 Å². The average Bonchev–Trinajstić information content (AvgIpc) is 3.74. The number of halogens is 1. The van der Waals surface area contributed by atoms with Gasteiger partial charge in [0.15, 0.2) is 0 Å². The van der Waals surface area contributed by atoms with Gasteiger partial charge in [0.2, 0.25) is 0 Å². The van der Waals surface area contributed by atoms with E-state index in [1.165, 1.54) is 0 Å². The highest BCUT2D eigenvalue weighted by Crippen LogP contribution is 2.49. The van der Waals surface area contributed by atoms with Crippen molar-refractivity contribution in [2.24, 2.45) is 13.0 Å². The smallest absolute Gasteiger partial charge is 0.352 e. The first kappa shape index (κ1) is 28.0. The van der Waals surface area contributed by atoms with Gasteiger partial charge in [-0.3, -0.25) is 4.68 Å². The van der Waals surface area contributed by atoms with E-state index in [9.17, 15) is 9.90 Å². The molecular weight excluding hydrogens is 562 g/mol. The Morgan fingerprint density at radius 2 is 1.88 bits per heavy atom. The molecule has 8 heteroatoms. The zero-order chi connectivity index (χ0) is 29.7. The fourth-order valence-electron chi connectivity index (χ4n) is 6.77. The van der Waals surface area contributed by atoms with E-state index in [1.54, 1.807) is 0 Å². The normalized spacial score (nSPS) is 17.1. The lowest BCUT2D eigenvalue weighted by molar-refractivity contribution is 0.0317. The van der Waals surface area contributed by atoms with Gasteiger partial charge in [0, 0.05) is 47.8 Å². The first-order valence-electron chi connectivity index (χ1n) is 15.3. The van der Waals surface area contributed by atoms with Crippen molar-refractivity contribution in [3.05, 3.63) is 82.3 Å². The van der Waals surface area contributed by atoms with Gasteiger partial charge in [-0.15, -0.1) is 0 Å². The lowest BCUT2D eigenvalue weighted by atomic mass is 9.95. The number of aromatic nitrogens is 3. The van der Waals surface area contributed by atoms with Crippen LogP contribution >= 0.6 is 11.6 Å². The molecule has 0 bridgehead atoms. The summed E-state index contributed by atoms with van der Waals surface area (Å²) in [4.78, 5) is 13.0. The lowest BCUT2D eigenvalue weighted by Gasteiger charge is -2.18. The first-order valence-corrected chi connectivity index (χ1v) is 15.6. The molecule has 0 saturated heterocycles. The Balaban J connectivity index is 1.32. The Hall–Kier alpha value is -3.81. The number of ether oxygens (including phenoxy) is 2. The van der Waals surface area contributed by atoms with Crippen LogP contribution in [0.4, 0.5) is 0 Å². The monoisotopic (exact) mass is 597 g/mol. The summed E-state index contributed by atoms with van der Waals surface area (Å²) >= 11 is 7.05. The molecule has 7 rings (SSSR count). The van der Waals surface area contributed by atoms with Crippen LogP contribution in [0.5, 0.6) is 5.75 Å². The fraction of sp³-hybridized carbons (Fsp3) is 0.371. The van der Waals surface area contributed by atoms with Gasteiger partial charge in [0.25, 0.3) is 0 Å². The van der Waals surface area contributed by atoms with Crippen molar-refractivity contribution in [3.8, 4) is 16.9 Å². The molecule has 43 heavy (non-hydrogen) atoms. The molecule has 3 aromatic carbocycles. The van der Waals surface area contributed by atoms with Crippen molar-refractivity contribution >= 4 is 39.2 Å². The summed E-state index contributed by atoms with van der Waals surface area (Å²) in [5, 5.41) is 19.3. The maximum absolute atomic E-state index is 13.0. The van der Waals surface area contributed by atoms with Crippen LogP contribution in [0.2, 0.25) is 5.02 Å². The van der Waals surface area contributed by atoms with Gasteiger partial charge in [-0.1, -0.05) is 54.1 Å². The molecule has 1 unspecified atom stereocenters. The minimum atomic E-state index is -0.923. The van der Waals surface area contributed by atoms with Crippen LogP contribution in [0.25, 0.3) is 32.8 Å². The minimum absolute atomic E-state index is 0.0904. The number of rotatable bonds is 7. The number of carboxylic acid groups (broad SMARTS) is 1. The van der Waals surface area contributed by atoms with E-state index >= 15 is 0 Å². The molecule has 2 aromatic heterocycles. The number of carboxylic acids is 1. The molecule has 0 amide bonds. The minimum Gasteiger partial charge on any atom is -0.493 e. The Labute approximate surface area is 256 Å². The number of fused-ring (bicyclic) bond motifs is 3. The van der Waals surface area contributed by atoms with Crippen LogP contribution in [-0.2, 0) is 24.8 Å². The van der Waals surface area contributed by atoms with Crippen molar-refractivity contribution < 1.29 is 19.4 Å². The summed E-state index contributed by atoms with van der Waals surface area (Å²) in [5.41, 5.74) is 5.78. The Morgan fingerprint density at radius 3 is 2.70 bits per heavy atom. The molecule has 5 aromatic rings. The first-order chi connectivity index (χ1) is 20.9. The average molecular weight is 598 g/mol. The molecule has 1 aliphatic heterocycles. The van der Waals surface area contributed by atoms with Crippen molar-refractivity contribution in [3.63, 3.8) is 0 Å². The third-order valence-electron chi connectivity index (χ3n) is 9.06. The predicted molar refractivity (Wildman–Crippen MR) is 169 cm³/mol. The van der Waals surface area contributed by atoms with Crippen LogP contribution < -0.4 is 4.74 Å². The zero-order valence-corrected chi connectivity index (χ0v) is 25.4. The molecule has 0 radical (unpaired) electrons. The summed E-state index contributed by atoms with van der Waals surface area (Å²) in [5.74, 6) is 0.369. The summed E-state index contributed by atoms with van der Waals surface area (Å²) in [6.45, 7) is 3.73. The second-order valence-electron chi connectivity index (χ2n) is 11.8. The maximum atomic E-state index is 13.0. The summed E-state index contributed by atoms with van der Waals surface area (Å²) in [7, 11) is 1.95. The molecule has 1 atom stereocenters. The van der Waals surface area contributed by atoms with Crippen LogP contribution in [0.15, 0.2) is 54.6 Å². The van der Waals surface area contributed by atoms with Gasteiger partial charge < -0.3 is 19.1 Å². The molecule has 1 saturated carbocycles. The second kappa shape index (κ2) is 11.4. The molecule has 1 N–H and O–H groups in total. The van der Waals surface area contributed by atoms with Gasteiger partial charge >= 0.3 is 5.97 Å². The largest absolute Gasteiger partial charge is 0.493 e. The van der Waals surface area contributed by atoms with Crippen LogP contribution in [0.3, 0.4) is 0 Å². The number of nitrogens with zero attached hydrogens (tertiary/aromatic N) is 3. The van der Waals surface area contributed by atoms with E-state index in [1.807, 2.05) is 52.7 Å². The van der Waals surface area contributed by atoms with Crippen molar-refractivity contribution in [2.75, 3.05) is 13.2 Å². The molecule has 3 heterocycles. The number of aromatic carboxylic acids is 1. The Morgan fingerprint density at radius 1 is 1.07 bits per heavy atom. The number of hydrogen-bond acceptors (Lipinski definition) is 4. The second-order valence-corrected chi connectivity index (χ2v) is 12.2. The van der Waals surface area contributed by atoms with Crippen molar-refractivity contribution in [1.82, 2.24) is 14.3 Å². The van der Waals surface area contributed by atoms with Gasteiger partial charge in [0.1, 0.15) is 17.5 Å². The summed E-state index contributed by atoms with van der Waals surface area (Å²) in [6.07, 6.45) is 5.06. The van der Waals surface area contributed by atoms with Crippen molar-refractivity contribution in [1.29, 1.82) is 0 Å². The highest BCUT2D eigenvalue weighted by atomic mass is 35.5. The van der Waals surface area contributed by atoms with E-state index in [2.05, 4.69) is 25.1 Å². The third kappa shape index (κ3) is 4.98. The van der Waals surface area contributed by atoms with Crippen LogP contribution in [0.1, 0.15) is 65.6 Å². The van der Waals surface area contributed by atoms with Crippen LogP contribution in [-0.4, -0.2) is 38.6 Å². The SMILES string of the molecule is Cc1c2c(nn1C)C(C1CC1)OCCCCn1c(C(=O)O)c(CCCOc3cccc4ccccc34)c3ccc(Cl)c-2c31. The number of aryl methyl sites for hydroxylation is 3. The Bertz CT molecular complexity index is 1850. The zero-order valence-electron chi connectivity index (χ0n) is 24.6. The molecule has 1 fully saturated rings. The molecule has 7 nitrogen and oxygen atoms in total. The quantitative estimate of drug-likeness (QED) is 0.192. The Kier molecular flexibility index (Phi) is 7.39. The molecule has 2 aliphatic rings. The predicted octanol–water partition coefficient (Wildman–Crippen LogP) is 8.13. The highest BCUT2D eigenvalue weighted by Gasteiger charge is 2.38. The molecule has 1 aliphatic carbocycles. The van der Waals surface area contributed by atoms with Gasteiger partial charge in [-0.2, -0.15) is 5.10 Å². The van der Waals surface area contributed by atoms with E-state index in [-0.39, 0.29) is 6.10 Å². The standard InChI is InChI=1S/C35H36ClN3O4/c1-21-29-30-27(36)17-16-26-25(12-8-20-42-28-13-7-10-22-9-3-4-11-24(22)28)33(35(40)41)39(32(26)30)18-5-6-19-43-34(23-14-15-23)31(29)37-38(21)2/h3-4,7,9-11,13,16-17,23,34H,5-6,8,12,14-15,18-20H2,1-2H3,(H,40,41). The maximum Gasteiger partial charge on any atom is 0.352 e. The number of hydrogen-bond donors (Lipinski definition) is 1. The van der Waals surface area contributed by atoms with Crippen LogP contribution in [0, 0.1) is 12.8 Å². The summed E-state index contributed by atoms with van der Waals surface area (Å²) < 4.78 is 16.6. The lowest BCUT2D eigenvalue weighted by Crippen LogP contribution is -2.12. The van der Waals surface area contributed by atoms with E-state index in [0.717, 1.165) is 81.2 Å². The summed E-state index contributed by atoms with van der Waals surface area (Å²) in [6, 6.07) is 18.1. The highest BCUT2D eigenvalue weighted by molar-refractivity contribution is 6.35. The van der Waals surface area contributed by atoms with Gasteiger partial charge in [0.05, 0.1) is 22.8 Å². The van der Waals surface area contributed by atoms with E-state index < -0.39 is 5.97 Å². The number of carbonyl (C=O) groups is 1. The van der Waals surface area contributed by atoms with Gasteiger partial charge in [-0.05, 0) is 74.4 Å². The topological polar surface area (TPSA) is 78.5 Å². The van der Waals surface area contributed by atoms with E-state index in [4.69, 9.17) is 26.2 Å². The van der Waals surface area contributed by atoms with Crippen molar-refractivity contribution in [2.45, 2.75) is 58.1 Å². The fourth-order valence-corrected chi connectivity index (χ4v) is 7.01.